The summed E-state index contributed by atoms with van der Waals surface area (Å²) in [7, 11) is 0. The van der Waals surface area contributed by atoms with E-state index in [0.29, 0.717) is 0 Å². The molecule has 1 fully saturated rings. The average molecular weight is 181 g/mol. The van der Waals surface area contributed by atoms with Crippen LogP contribution in [-0.4, -0.2) is 30.6 Å². The van der Waals surface area contributed by atoms with Gasteiger partial charge in [0.25, 0.3) is 0 Å². The molecule has 0 aromatic carbocycles. The molecule has 1 aliphatic rings. The predicted octanol–water partition coefficient (Wildman–Crippen LogP) is 1.33. The van der Waals surface area contributed by atoms with Crippen LogP contribution in [-0.2, 0) is 9.53 Å². The van der Waals surface area contributed by atoms with Gasteiger partial charge in [-0.2, -0.15) is 0 Å². The zero-order chi connectivity index (χ0) is 9.52. The van der Waals surface area contributed by atoms with Gasteiger partial charge in [0, 0.05) is 25.4 Å². The highest BCUT2D eigenvalue weighted by molar-refractivity contribution is 5.81. The van der Waals surface area contributed by atoms with Crippen molar-refractivity contribution in [3.8, 4) is 0 Å². The first-order valence-corrected chi connectivity index (χ1v) is 4.53. The third kappa shape index (κ3) is 3.78. The second kappa shape index (κ2) is 5.41. The van der Waals surface area contributed by atoms with Gasteiger partial charge in [0.2, 0.25) is 0 Å². The molecule has 3 nitrogen and oxygen atoms in total. The van der Waals surface area contributed by atoms with Gasteiger partial charge in [-0.15, -0.1) is 0 Å². The minimum Gasteiger partial charge on any atom is -0.458 e. The maximum Gasteiger partial charge on any atom is 0.332 e. The minimum atomic E-state index is -0.299. The molecule has 0 atom stereocenters. The highest BCUT2D eigenvalue weighted by atomic mass is 16.5. The molecule has 0 N–H and O–H groups in total. The van der Waals surface area contributed by atoms with Crippen molar-refractivity contribution in [3.05, 3.63) is 24.9 Å². The largest absolute Gasteiger partial charge is 0.458 e. The third-order valence-corrected chi connectivity index (χ3v) is 1.91. The van der Waals surface area contributed by atoms with E-state index in [1.165, 1.54) is 18.9 Å². The predicted molar refractivity (Wildman–Crippen MR) is 51.1 cm³/mol. The number of rotatable bonds is 4. The van der Waals surface area contributed by atoms with Gasteiger partial charge in [-0.1, -0.05) is 12.7 Å². The fourth-order valence-corrected chi connectivity index (χ4v) is 1.25. The van der Waals surface area contributed by atoms with Crippen LogP contribution in [0.5, 0.6) is 0 Å². The van der Waals surface area contributed by atoms with E-state index in [4.69, 9.17) is 4.74 Å². The summed E-state index contributed by atoms with van der Waals surface area (Å²) in [5.41, 5.74) is 0. The van der Waals surface area contributed by atoms with E-state index in [1.807, 2.05) is 0 Å². The van der Waals surface area contributed by atoms with Crippen LogP contribution in [0.2, 0.25) is 0 Å². The molecule has 0 radical (unpaired) electrons. The Morgan fingerprint density at radius 1 is 1.46 bits per heavy atom. The van der Waals surface area contributed by atoms with E-state index in [9.17, 15) is 4.79 Å². The van der Waals surface area contributed by atoms with Crippen LogP contribution in [0.4, 0.5) is 0 Å². The summed E-state index contributed by atoms with van der Waals surface area (Å²) in [6, 6.07) is 0. The van der Waals surface area contributed by atoms with Crippen molar-refractivity contribution in [3.63, 3.8) is 0 Å². The molecule has 13 heavy (non-hydrogen) atoms. The minimum absolute atomic E-state index is 0.281. The normalized spacial score (nSPS) is 16.5. The molecule has 1 heterocycles. The first kappa shape index (κ1) is 9.84. The van der Waals surface area contributed by atoms with Gasteiger partial charge >= 0.3 is 5.97 Å². The number of esters is 1. The molecule has 0 saturated carbocycles. The fraction of sp³-hybridized carbons (Fsp3) is 0.500. The number of carbonyl (C=O) groups is 1. The van der Waals surface area contributed by atoms with Gasteiger partial charge in [0.05, 0.1) is 0 Å². The van der Waals surface area contributed by atoms with Crippen molar-refractivity contribution in [2.75, 3.05) is 19.7 Å². The van der Waals surface area contributed by atoms with E-state index in [1.54, 1.807) is 12.3 Å². The molecular weight excluding hydrogens is 166 g/mol. The summed E-state index contributed by atoms with van der Waals surface area (Å²) in [4.78, 5) is 13.1. The topological polar surface area (TPSA) is 29.5 Å². The number of likely N-dealkylation sites (tertiary alicyclic amines) is 1. The molecule has 1 saturated heterocycles. The van der Waals surface area contributed by atoms with Crippen LogP contribution in [0.25, 0.3) is 0 Å². The number of hydrogen-bond acceptors (Lipinski definition) is 3. The van der Waals surface area contributed by atoms with Crippen molar-refractivity contribution in [2.24, 2.45) is 0 Å². The lowest BCUT2D eigenvalue weighted by Gasteiger charge is -2.09. The Morgan fingerprint density at radius 2 is 2.15 bits per heavy atom. The van der Waals surface area contributed by atoms with E-state index < -0.39 is 0 Å². The van der Waals surface area contributed by atoms with Gasteiger partial charge in [0.15, 0.2) is 0 Å². The lowest BCUT2D eigenvalue weighted by Crippen LogP contribution is -2.12. The molecular formula is C10H15NO2. The summed E-state index contributed by atoms with van der Waals surface area (Å²) in [6.07, 6.45) is 7.26. The number of hydrogen-bond donors (Lipinski definition) is 0. The molecule has 0 unspecified atom stereocenters. The number of nitrogens with zero attached hydrogens (tertiary/aromatic N) is 1. The maximum absolute atomic E-state index is 11.0. The Morgan fingerprint density at radius 3 is 2.77 bits per heavy atom. The van der Waals surface area contributed by atoms with E-state index in [0.717, 1.165) is 13.1 Å². The Hall–Kier alpha value is -1.25. The highest BCUT2D eigenvalue weighted by Crippen LogP contribution is 2.06. The molecule has 0 amide bonds. The van der Waals surface area contributed by atoms with Crippen molar-refractivity contribution < 1.29 is 9.53 Å². The highest BCUT2D eigenvalue weighted by Gasteiger charge is 2.06. The second-order valence-corrected chi connectivity index (χ2v) is 2.98. The second-order valence-electron chi connectivity index (χ2n) is 2.98. The Bertz CT molecular complexity index is 205. The third-order valence-electron chi connectivity index (χ3n) is 1.91. The van der Waals surface area contributed by atoms with Gasteiger partial charge < -0.3 is 9.64 Å². The van der Waals surface area contributed by atoms with Crippen LogP contribution in [0.3, 0.4) is 0 Å². The van der Waals surface area contributed by atoms with E-state index in [2.05, 4.69) is 11.5 Å². The molecule has 0 aromatic heterocycles. The lowest BCUT2D eigenvalue weighted by molar-refractivity contribution is -0.136. The van der Waals surface area contributed by atoms with Crippen LogP contribution < -0.4 is 0 Å². The van der Waals surface area contributed by atoms with Crippen LogP contribution in [0, 0.1) is 0 Å². The SMILES string of the molecule is C=CCOC(=O)C=CN1CCCC1. The fourth-order valence-electron chi connectivity index (χ4n) is 1.25. The smallest absolute Gasteiger partial charge is 0.332 e. The monoisotopic (exact) mass is 181 g/mol. The number of ether oxygens (including phenoxy) is 1. The summed E-state index contributed by atoms with van der Waals surface area (Å²) in [5.74, 6) is -0.299. The van der Waals surface area contributed by atoms with Crippen molar-refractivity contribution in [1.82, 2.24) is 4.90 Å². The summed E-state index contributed by atoms with van der Waals surface area (Å²) < 4.78 is 4.78. The molecule has 3 heteroatoms. The van der Waals surface area contributed by atoms with Crippen molar-refractivity contribution in [1.29, 1.82) is 0 Å². The molecule has 0 aliphatic carbocycles. The van der Waals surface area contributed by atoms with Crippen molar-refractivity contribution >= 4 is 5.97 Å². The first-order valence-electron chi connectivity index (χ1n) is 4.53. The van der Waals surface area contributed by atoms with Gasteiger partial charge in [0.1, 0.15) is 6.61 Å². The zero-order valence-corrected chi connectivity index (χ0v) is 7.74. The van der Waals surface area contributed by atoms with Gasteiger partial charge in [-0.05, 0) is 12.8 Å². The van der Waals surface area contributed by atoms with Crippen LogP contribution >= 0.6 is 0 Å². The Labute approximate surface area is 78.7 Å². The quantitative estimate of drug-likeness (QED) is 0.372. The lowest BCUT2D eigenvalue weighted by atomic mass is 10.4. The van der Waals surface area contributed by atoms with Crippen LogP contribution in [0.15, 0.2) is 24.9 Å². The first-order chi connectivity index (χ1) is 6.33. The maximum atomic E-state index is 11.0. The molecule has 0 bridgehead atoms. The molecule has 0 spiro atoms. The van der Waals surface area contributed by atoms with Gasteiger partial charge in [-0.3, -0.25) is 0 Å². The van der Waals surface area contributed by atoms with Gasteiger partial charge in [-0.25, -0.2) is 4.79 Å². The Kier molecular flexibility index (Phi) is 4.09. The summed E-state index contributed by atoms with van der Waals surface area (Å²) in [5, 5.41) is 0. The molecule has 0 aromatic rings. The standard InChI is InChI=1S/C10H15NO2/c1-2-9-13-10(12)5-8-11-6-3-4-7-11/h2,5,8H,1,3-4,6-7,9H2. The molecule has 1 rings (SSSR count). The van der Waals surface area contributed by atoms with E-state index >= 15 is 0 Å². The van der Waals surface area contributed by atoms with E-state index in [-0.39, 0.29) is 12.6 Å². The Balaban J connectivity index is 2.21. The zero-order valence-electron chi connectivity index (χ0n) is 7.74. The average Bonchev–Trinajstić information content (AvgIpc) is 2.64. The molecule has 72 valence electrons. The molecule has 1 aliphatic heterocycles. The van der Waals surface area contributed by atoms with Crippen LogP contribution in [0.1, 0.15) is 12.8 Å². The summed E-state index contributed by atoms with van der Waals surface area (Å²) in [6.45, 7) is 5.83. The number of carbonyl (C=O) groups excluding carboxylic acids is 1. The summed E-state index contributed by atoms with van der Waals surface area (Å²) >= 11 is 0. The van der Waals surface area contributed by atoms with Crippen molar-refractivity contribution in [2.45, 2.75) is 12.8 Å².